The lowest BCUT2D eigenvalue weighted by atomic mass is 10.1. The first-order valence-corrected chi connectivity index (χ1v) is 6.93. The highest BCUT2D eigenvalue weighted by molar-refractivity contribution is 5.38. The molecule has 1 aliphatic rings. The van der Waals surface area contributed by atoms with Gasteiger partial charge in [-0.15, -0.1) is 0 Å². The van der Waals surface area contributed by atoms with Gasteiger partial charge in [0.25, 0.3) is 0 Å². The van der Waals surface area contributed by atoms with E-state index in [1.807, 2.05) is 6.07 Å². The van der Waals surface area contributed by atoms with Gasteiger partial charge in [-0.2, -0.15) is 4.98 Å². The number of anilines is 1. The van der Waals surface area contributed by atoms with E-state index >= 15 is 0 Å². The first kappa shape index (κ1) is 13.7. The van der Waals surface area contributed by atoms with E-state index in [4.69, 9.17) is 9.26 Å². The quantitative estimate of drug-likeness (QED) is 0.870. The van der Waals surface area contributed by atoms with Crippen molar-refractivity contribution < 1.29 is 9.26 Å². The third kappa shape index (κ3) is 3.66. The van der Waals surface area contributed by atoms with Gasteiger partial charge in [-0.1, -0.05) is 5.16 Å². The maximum absolute atomic E-state index is 5.10. The highest BCUT2D eigenvalue weighted by Gasteiger charge is 2.20. The predicted octanol–water partition coefficient (Wildman–Crippen LogP) is 0.945. The molecule has 112 valence electrons. The highest BCUT2D eigenvalue weighted by Crippen LogP contribution is 2.18. The normalized spacial score (nSPS) is 16.8. The smallest absolute Gasteiger partial charge is 0.218 e. The molecule has 0 unspecified atom stereocenters. The van der Waals surface area contributed by atoms with Gasteiger partial charge in [0.1, 0.15) is 12.1 Å². The van der Waals surface area contributed by atoms with Crippen molar-refractivity contribution in [2.75, 3.05) is 25.5 Å². The van der Waals surface area contributed by atoms with Crippen LogP contribution >= 0.6 is 0 Å². The van der Waals surface area contributed by atoms with E-state index in [0.29, 0.717) is 11.9 Å². The van der Waals surface area contributed by atoms with Crippen molar-refractivity contribution in [3.8, 4) is 5.88 Å². The van der Waals surface area contributed by atoms with Gasteiger partial charge in [-0.05, 0) is 12.8 Å². The lowest BCUT2D eigenvalue weighted by molar-refractivity contribution is 0.204. The number of piperidine rings is 1. The van der Waals surface area contributed by atoms with E-state index in [-0.39, 0.29) is 0 Å². The lowest BCUT2D eigenvalue weighted by Crippen LogP contribution is -2.39. The fourth-order valence-electron chi connectivity index (χ4n) is 2.44. The number of nitrogens with zero attached hydrogens (tertiary/aromatic N) is 5. The van der Waals surface area contributed by atoms with Gasteiger partial charge < -0.3 is 14.6 Å². The van der Waals surface area contributed by atoms with Gasteiger partial charge in [-0.3, -0.25) is 4.90 Å². The Kier molecular flexibility index (Phi) is 4.25. The molecule has 1 N–H and O–H groups in total. The van der Waals surface area contributed by atoms with Gasteiger partial charge in [0.15, 0.2) is 5.82 Å². The fourth-order valence-corrected chi connectivity index (χ4v) is 2.44. The summed E-state index contributed by atoms with van der Waals surface area (Å²) in [5.74, 6) is 2.11. The topological polar surface area (TPSA) is 89.2 Å². The molecular weight excluding hydrogens is 272 g/mol. The molecule has 0 saturated carbocycles. The molecule has 0 spiro atoms. The SMILES string of the molecule is COc1cc(NC2CCN(Cc3ncon3)CC2)ncn1. The molecule has 2 aromatic rings. The first-order chi connectivity index (χ1) is 10.3. The zero-order chi connectivity index (χ0) is 14.5. The second-order valence-electron chi connectivity index (χ2n) is 4.99. The Morgan fingerprint density at radius 3 is 2.90 bits per heavy atom. The molecule has 0 bridgehead atoms. The molecule has 0 aliphatic carbocycles. The summed E-state index contributed by atoms with van der Waals surface area (Å²) in [5, 5.41) is 7.27. The van der Waals surface area contributed by atoms with Crippen LogP contribution in [0, 0.1) is 0 Å². The average molecular weight is 290 g/mol. The van der Waals surface area contributed by atoms with Crippen molar-refractivity contribution in [1.29, 1.82) is 0 Å². The van der Waals surface area contributed by atoms with Crippen molar-refractivity contribution >= 4 is 5.82 Å². The predicted molar refractivity (Wildman–Crippen MR) is 74.8 cm³/mol. The van der Waals surface area contributed by atoms with E-state index in [1.54, 1.807) is 7.11 Å². The summed E-state index contributed by atoms with van der Waals surface area (Å²) in [7, 11) is 1.60. The first-order valence-electron chi connectivity index (χ1n) is 6.93. The van der Waals surface area contributed by atoms with E-state index in [2.05, 4.69) is 30.3 Å². The summed E-state index contributed by atoms with van der Waals surface area (Å²) in [6.07, 6.45) is 4.97. The van der Waals surface area contributed by atoms with Gasteiger partial charge in [0, 0.05) is 25.2 Å². The highest BCUT2D eigenvalue weighted by atomic mass is 16.5. The molecule has 0 aromatic carbocycles. The van der Waals surface area contributed by atoms with Crippen LogP contribution in [0.15, 0.2) is 23.3 Å². The molecule has 1 aliphatic heterocycles. The second kappa shape index (κ2) is 6.49. The summed E-state index contributed by atoms with van der Waals surface area (Å²) < 4.78 is 9.85. The Balaban J connectivity index is 1.49. The molecule has 1 fully saturated rings. The number of hydrogen-bond acceptors (Lipinski definition) is 8. The van der Waals surface area contributed by atoms with Crippen LogP contribution < -0.4 is 10.1 Å². The van der Waals surface area contributed by atoms with Crippen LogP contribution in [0.3, 0.4) is 0 Å². The van der Waals surface area contributed by atoms with E-state index in [0.717, 1.165) is 44.1 Å². The van der Waals surface area contributed by atoms with Crippen LogP contribution in [0.25, 0.3) is 0 Å². The molecule has 8 nitrogen and oxygen atoms in total. The zero-order valence-electron chi connectivity index (χ0n) is 11.9. The molecule has 0 radical (unpaired) electrons. The van der Waals surface area contributed by atoms with E-state index in [9.17, 15) is 0 Å². The van der Waals surface area contributed by atoms with Crippen molar-refractivity contribution in [3.63, 3.8) is 0 Å². The Hall–Kier alpha value is -2.22. The lowest BCUT2D eigenvalue weighted by Gasteiger charge is -2.31. The average Bonchev–Trinajstić information content (AvgIpc) is 3.02. The third-order valence-electron chi connectivity index (χ3n) is 3.56. The molecule has 0 atom stereocenters. The van der Waals surface area contributed by atoms with Crippen LogP contribution in [0.2, 0.25) is 0 Å². The van der Waals surface area contributed by atoms with E-state index in [1.165, 1.54) is 12.7 Å². The van der Waals surface area contributed by atoms with E-state index < -0.39 is 0 Å². The monoisotopic (exact) mass is 290 g/mol. The Morgan fingerprint density at radius 2 is 2.19 bits per heavy atom. The molecule has 8 heteroatoms. The third-order valence-corrected chi connectivity index (χ3v) is 3.56. The van der Waals surface area contributed by atoms with Gasteiger partial charge >= 0.3 is 0 Å². The van der Waals surface area contributed by atoms with Crippen molar-refractivity contribution in [2.24, 2.45) is 0 Å². The summed E-state index contributed by atoms with van der Waals surface area (Å²) in [6, 6.07) is 2.22. The van der Waals surface area contributed by atoms with Crippen LogP contribution in [0.5, 0.6) is 5.88 Å². The summed E-state index contributed by atoms with van der Waals surface area (Å²) >= 11 is 0. The van der Waals surface area contributed by atoms with Gasteiger partial charge in [-0.25, -0.2) is 9.97 Å². The summed E-state index contributed by atoms with van der Waals surface area (Å²) in [5.41, 5.74) is 0. The minimum Gasteiger partial charge on any atom is -0.481 e. The van der Waals surface area contributed by atoms with Crippen LogP contribution in [0.1, 0.15) is 18.7 Å². The largest absolute Gasteiger partial charge is 0.481 e. The zero-order valence-corrected chi connectivity index (χ0v) is 11.9. The summed E-state index contributed by atoms with van der Waals surface area (Å²) in [6.45, 7) is 2.73. The fraction of sp³-hybridized carbons (Fsp3) is 0.538. The molecular formula is C13H18N6O2. The van der Waals surface area contributed by atoms with Crippen molar-refractivity contribution in [2.45, 2.75) is 25.4 Å². The number of aromatic nitrogens is 4. The molecule has 0 amide bonds. The number of likely N-dealkylation sites (tertiary alicyclic amines) is 1. The Morgan fingerprint density at radius 1 is 1.33 bits per heavy atom. The standard InChI is InChI=1S/C13H18N6O2/c1-20-13-6-11(14-8-15-13)17-10-2-4-19(5-3-10)7-12-16-9-21-18-12/h6,8-10H,2-5,7H2,1H3,(H,14,15,17). The minimum absolute atomic E-state index is 0.408. The van der Waals surface area contributed by atoms with Crippen LogP contribution in [-0.4, -0.2) is 51.2 Å². The van der Waals surface area contributed by atoms with Gasteiger partial charge in [0.2, 0.25) is 12.3 Å². The Bertz CT molecular complexity index is 554. The summed E-state index contributed by atoms with van der Waals surface area (Å²) in [4.78, 5) is 14.6. The molecule has 2 aromatic heterocycles. The minimum atomic E-state index is 0.408. The molecule has 3 heterocycles. The second-order valence-corrected chi connectivity index (χ2v) is 4.99. The van der Waals surface area contributed by atoms with Crippen LogP contribution in [-0.2, 0) is 6.54 Å². The number of methoxy groups -OCH3 is 1. The molecule has 21 heavy (non-hydrogen) atoms. The van der Waals surface area contributed by atoms with Gasteiger partial charge in [0.05, 0.1) is 13.7 Å². The molecule has 3 rings (SSSR count). The number of nitrogens with one attached hydrogen (secondary N) is 1. The maximum Gasteiger partial charge on any atom is 0.218 e. The van der Waals surface area contributed by atoms with Crippen LogP contribution in [0.4, 0.5) is 5.82 Å². The Labute approximate surface area is 122 Å². The molecule has 1 saturated heterocycles. The van der Waals surface area contributed by atoms with Crippen molar-refractivity contribution in [1.82, 2.24) is 25.0 Å². The van der Waals surface area contributed by atoms with Crippen molar-refractivity contribution in [3.05, 3.63) is 24.6 Å². The maximum atomic E-state index is 5.10. The number of ether oxygens (including phenoxy) is 1. The number of rotatable bonds is 5. The number of hydrogen-bond donors (Lipinski definition) is 1.